The van der Waals surface area contributed by atoms with E-state index in [0.29, 0.717) is 5.92 Å². The zero-order valence-corrected chi connectivity index (χ0v) is 12.2. The number of aryl methyl sites for hydroxylation is 1. The predicted octanol–water partition coefficient (Wildman–Crippen LogP) is 4.21. The number of hydrogen-bond donors (Lipinski definition) is 1. The summed E-state index contributed by atoms with van der Waals surface area (Å²) in [6, 6.07) is 12.1. The first kappa shape index (κ1) is 13.9. The Bertz CT molecular complexity index is 527. The minimum Gasteiger partial charge on any atom is -0.386 e. The van der Waals surface area contributed by atoms with E-state index >= 15 is 0 Å². The van der Waals surface area contributed by atoms with Crippen molar-refractivity contribution in [2.45, 2.75) is 45.8 Å². The van der Waals surface area contributed by atoms with E-state index in [1.54, 1.807) is 0 Å². The van der Waals surface area contributed by atoms with Gasteiger partial charge in [0.25, 0.3) is 0 Å². The maximum atomic E-state index is 10.5. The Balaban J connectivity index is 2.31. The van der Waals surface area contributed by atoms with E-state index in [0.717, 1.165) is 5.56 Å². The molecule has 2 heteroatoms. The fourth-order valence-corrected chi connectivity index (χ4v) is 2.54. The minimum absolute atomic E-state index is 0.0356. The van der Waals surface area contributed by atoms with Crippen LogP contribution in [0.4, 0.5) is 0 Å². The van der Waals surface area contributed by atoms with Crippen LogP contribution in [0.5, 0.6) is 0 Å². The Morgan fingerprint density at radius 2 is 1.68 bits per heavy atom. The van der Waals surface area contributed by atoms with Crippen molar-refractivity contribution < 1.29 is 5.11 Å². The Labute approximate surface area is 115 Å². The van der Waals surface area contributed by atoms with Gasteiger partial charge in [0.1, 0.15) is 0 Å². The Morgan fingerprint density at radius 1 is 1.05 bits per heavy atom. The number of aliphatic hydroxyl groups excluding tert-OH is 1. The fraction of sp³-hybridized carbons (Fsp3) is 0.412. The Hall–Kier alpha value is -1.54. The van der Waals surface area contributed by atoms with Crippen LogP contribution >= 0.6 is 0 Å². The molecule has 0 saturated carbocycles. The molecule has 1 aromatic heterocycles. The molecule has 0 aliphatic heterocycles. The van der Waals surface area contributed by atoms with Gasteiger partial charge in [0.05, 0.1) is 12.1 Å². The highest BCUT2D eigenvalue weighted by atomic mass is 16.3. The van der Waals surface area contributed by atoms with Gasteiger partial charge >= 0.3 is 0 Å². The molecule has 0 spiro atoms. The molecule has 2 aromatic rings. The van der Waals surface area contributed by atoms with Crippen molar-refractivity contribution in [2.24, 2.45) is 0 Å². The van der Waals surface area contributed by atoms with Crippen LogP contribution in [0.2, 0.25) is 0 Å². The van der Waals surface area contributed by atoms with Gasteiger partial charge in [-0.3, -0.25) is 0 Å². The third kappa shape index (κ3) is 2.90. The highest BCUT2D eigenvalue weighted by molar-refractivity contribution is 5.23. The Kier molecular flexibility index (Phi) is 4.11. The van der Waals surface area contributed by atoms with Crippen LogP contribution < -0.4 is 0 Å². The van der Waals surface area contributed by atoms with Crippen molar-refractivity contribution in [2.75, 3.05) is 0 Å². The molecule has 2 atom stereocenters. The van der Waals surface area contributed by atoms with Crippen LogP contribution in [-0.2, 0) is 0 Å². The maximum Gasteiger partial charge on any atom is 0.0994 e. The van der Waals surface area contributed by atoms with Crippen LogP contribution in [0.15, 0.2) is 42.6 Å². The lowest BCUT2D eigenvalue weighted by Gasteiger charge is -2.24. The standard InChI is InChI=1S/C17H23NO/c1-12(2)16-10-13(3)11-18(16)14(4)17(19)15-8-6-5-7-9-15/h5-12,14,17,19H,1-4H3/t14-,17-/m1/s1. The van der Waals surface area contributed by atoms with E-state index in [-0.39, 0.29) is 6.04 Å². The number of hydrogen-bond acceptors (Lipinski definition) is 1. The van der Waals surface area contributed by atoms with Gasteiger partial charge in [-0.05, 0) is 37.0 Å². The van der Waals surface area contributed by atoms with Gasteiger partial charge < -0.3 is 9.67 Å². The van der Waals surface area contributed by atoms with Crippen molar-refractivity contribution in [1.29, 1.82) is 0 Å². The van der Waals surface area contributed by atoms with Crippen molar-refractivity contribution in [3.05, 3.63) is 59.4 Å². The third-order valence-corrected chi connectivity index (χ3v) is 3.64. The first-order valence-corrected chi connectivity index (χ1v) is 6.92. The van der Waals surface area contributed by atoms with E-state index in [2.05, 4.69) is 44.5 Å². The second-order valence-electron chi connectivity index (χ2n) is 5.60. The molecular weight excluding hydrogens is 234 g/mol. The monoisotopic (exact) mass is 257 g/mol. The van der Waals surface area contributed by atoms with E-state index in [4.69, 9.17) is 0 Å². The van der Waals surface area contributed by atoms with Crippen LogP contribution in [0.25, 0.3) is 0 Å². The molecule has 1 N–H and O–H groups in total. The summed E-state index contributed by atoms with van der Waals surface area (Å²) in [5.41, 5.74) is 3.49. The lowest BCUT2D eigenvalue weighted by atomic mass is 10.0. The number of aliphatic hydroxyl groups is 1. The first-order chi connectivity index (χ1) is 9.00. The van der Waals surface area contributed by atoms with Crippen molar-refractivity contribution >= 4 is 0 Å². The smallest absolute Gasteiger partial charge is 0.0994 e. The number of nitrogens with zero attached hydrogens (tertiary/aromatic N) is 1. The van der Waals surface area contributed by atoms with Gasteiger partial charge in [0, 0.05) is 11.9 Å². The highest BCUT2D eigenvalue weighted by Gasteiger charge is 2.20. The second kappa shape index (κ2) is 5.62. The summed E-state index contributed by atoms with van der Waals surface area (Å²) in [6.45, 7) is 8.55. The second-order valence-corrected chi connectivity index (χ2v) is 5.60. The average molecular weight is 257 g/mol. The van der Waals surface area contributed by atoms with Gasteiger partial charge in [-0.25, -0.2) is 0 Å². The zero-order valence-electron chi connectivity index (χ0n) is 12.2. The molecular formula is C17H23NO. The SMILES string of the molecule is Cc1cc(C(C)C)n([C@H](C)[C@@H](O)c2ccccc2)c1. The van der Waals surface area contributed by atoms with E-state index in [1.165, 1.54) is 11.3 Å². The van der Waals surface area contributed by atoms with Crippen molar-refractivity contribution in [3.8, 4) is 0 Å². The molecule has 102 valence electrons. The normalized spacial score (nSPS) is 14.6. The summed E-state index contributed by atoms with van der Waals surface area (Å²) >= 11 is 0. The lowest BCUT2D eigenvalue weighted by Crippen LogP contribution is -2.16. The van der Waals surface area contributed by atoms with Gasteiger partial charge in [0.2, 0.25) is 0 Å². The number of rotatable bonds is 4. The average Bonchev–Trinajstić information content (AvgIpc) is 2.80. The number of benzene rings is 1. The molecule has 0 saturated heterocycles. The number of aromatic nitrogens is 1. The van der Waals surface area contributed by atoms with E-state index in [9.17, 15) is 5.11 Å². The maximum absolute atomic E-state index is 10.5. The van der Waals surface area contributed by atoms with E-state index in [1.807, 2.05) is 30.3 Å². The molecule has 2 nitrogen and oxygen atoms in total. The first-order valence-electron chi connectivity index (χ1n) is 6.92. The molecule has 0 amide bonds. The molecule has 0 aliphatic carbocycles. The summed E-state index contributed by atoms with van der Waals surface area (Å²) in [4.78, 5) is 0. The third-order valence-electron chi connectivity index (χ3n) is 3.64. The molecule has 2 rings (SSSR count). The summed E-state index contributed by atoms with van der Waals surface area (Å²) in [5, 5.41) is 10.5. The molecule has 1 heterocycles. The predicted molar refractivity (Wildman–Crippen MR) is 79.4 cm³/mol. The summed E-state index contributed by atoms with van der Waals surface area (Å²) in [7, 11) is 0. The minimum atomic E-state index is -0.481. The summed E-state index contributed by atoms with van der Waals surface area (Å²) in [6.07, 6.45) is 1.65. The quantitative estimate of drug-likeness (QED) is 0.872. The van der Waals surface area contributed by atoms with Gasteiger partial charge in [-0.1, -0.05) is 44.2 Å². The molecule has 0 unspecified atom stereocenters. The van der Waals surface area contributed by atoms with Crippen molar-refractivity contribution in [3.63, 3.8) is 0 Å². The highest BCUT2D eigenvalue weighted by Crippen LogP contribution is 2.30. The van der Waals surface area contributed by atoms with Crippen LogP contribution in [0, 0.1) is 6.92 Å². The van der Waals surface area contributed by atoms with Gasteiger partial charge in [-0.2, -0.15) is 0 Å². The lowest BCUT2D eigenvalue weighted by molar-refractivity contribution is 0.120. The molecule has 0 radical (unpaired) electrons. The van der Waals surface area contributed by atoms with Gasteiger partial charge in [-0.15, -0.1) is 0 Å². The van der Waals surface area contributed by atoms with Crippen LogP contribution in [-0.4, -0.2) is 9.67 Å². The van der Waals surface area contributed by atoms with Gasteiger partial charge in [0.15, 0.2) is 0 Å². The Morgan fingerprint density at radius 3 is 2.26 bits per heavy atom. The zero-order chi connectivity index (χ0) is 14.0. The molecule has 0 fully saturated rings. The van der Waals surface area contributed by atoms with Crippen LogP contribution in [0.1, 0.15) is 55.7 Å². The molecule has 0 aliphatic rings. The largest absolute Gasteiger partial charge is 0.386 e. The topological polar surface area (TPSA) is 25.2 Å². The molecule has 1 aromatic carbocycles. The van der Waals surface area contributed by atoms with E-state index < -0.39 is 6.10 Å². The molecule has 19 heavy (non-hydrogen) atoms. The fourth-order valence-electron chi connectivity index (χ4n) is 2.54. The summed E-state index contributed by atoms with van der Waals surface area (Å²) < 4.78 is 2.21. The summed E-state index contributed by atoms with van der Waals surface area (Å²) in [5.74, 6) is 0.458. The van der Waals surface area contributed by atoms with Crippen LogP contribution in [0.3, 0.4) is 0 Å². The van der Waals surface area contributed by atoms with Crippen molar-refractivity contribution in [1.82, 2.24) is 4.57 Å². The molecule has 0 bridgehead atoms.